The van der Waals surface area contributed by atoms with Gasteiger partial charge < -0.3 is 10.6 Å². The molecule has 0 spiro atoms. The van der Waals surface area contributed by atoms with E-state index >= 15 is 0 Å². The molecule has 1 heterocycles. The lowest BCUT2D eigenvalue weighted by Crippen LogP contribution is -2.48. The first-order valence-electron chi connectivity index (χ1n) is 9.37. The zero-order chi connectivity index (χ0) is 16.7. The lowest BCUT2D eigenvalue weighted by molar-refractivity contribution is -0.129. The summed E-state index contributed by atoms with van der Waals surface area (Å²) in [5.41, 5.74) is 0. The quantitative estimate of drug-likeness (QED) is 0.754. The van der Waals surface area contributed by atoms with Gasteiger partial charge in [-0.15, -0.1) is 0 Å². The van der Waals surface area contributed by atoms with Gasteiger partial charge in [-0.3, -0.25) is 14.5 Å². The summed E-state index contributed by atoms with van der Waals surface area (Å²) >= 11 is 0. The molecule has 1 aliphatic carbocycles. The summed E-state index contributed by atoms with van der Waals surface area (Å²) in [5, 5.41) is 5.83. The fraction of sp³-hybridized carbons (Fsp3) is 0.889. The van der Waals surface area contributed by atoms with E-state index in [1.165, 1.54) is 32.1 Å². The number of hydrogen-bond acceptors (Lipinski definition) is 3. The topological polar surface area (TPSA) is 61.4 Å². The summed E-state index contributed by atoms with van der Waals surface area (Å²) in [7, 11) is 0. The van der Waals surface area contributed by atoms with E-state index in [2.05, 4.69) is 22.5 Å². The molecule has 5 heteroatoms. The van der Waals surface area contributed by atoms with Crippen LogP contribution in [0.4, 0.5) is 0 Å². The van der Waals surface area contributed by atoms with Gasteiger partial charge >= 0.3 is 0 Å². The molecule has 0 aromatic heterocycles. The Labute approximate surface area is 140 Å². The van der Waals surface area contributed by atoms with Crippen LogP contribution in [0.5, 0.6) is 0 Å². The zero-order valence-electron chi connectivity index (χ0n) is 14.8. The maximum Gasteiger partial charge on any atom is 0.242 e. The van der Waals surface area contributed by atoms with Gasteiger partial charge in [-0.05, 0) is 58.5 Å². The Bertz CT molecular complexity index is 388. The number of hydrogen-bond donors (Lipinski definition) is 2. The first kappa shape index (κ1) is 18.2. The predicted octanol–water partition coefficient (Wildman–Crippen LogP) is 2.06. The fourth-order valence-corrected chi connectivity index (χ4v) is 3.73. The van der Waals surface area contributed by atoms with Crippen molar-refractivity contribution in [1.82, 2.24) is 15.5 Å². The van der Waals surface area contributed by atoms with Crippen molar-refractivity contribution in [2.75, 3.05) is 19.6 Å². The molecule has 132 valence electrons. The molecule has 2 aliphatic rings. The van der Waals surface area contributed by atoms with Gasteiger partial charge in [0.05, 0.1) is 0 Å². The average molecular weight is 323 g/mol. The largest absolute Gasteiger partial charge is 0.353 e. The number of nitrogens with zero attached hydrogens (tertiary/aromatic N) is 1. The van der Waals surface area contributed by atoms with Crippen LogP contribution in [0.2, 0.25) is 0 Å². The van der Waals surface area contributed by atoms with E-state index in [0.717, 1.165) is 25.9 Å². The minimum Gasteiger partial charge on any atom is -0.353 e. The molecule has 2 fully saturated rings. The molecule has 1 saturated carbocycles. The van der Waals surface area contributed by atoms with Gasteiger partial charge in [0.1, 0.15) is 6.04 Å². The number of rotatable bonds is 7. The smallest absolute Gasteiger partial charge is 0.242 e. The highest BCUT2D eigenvalue weighted by Gasteiger charge is 2.22. The minimum atomic E-state index is -0.447. The van der Waals surface area contributed by atoms with Crippen LogP contribution in [-0.4, -0.2) is 48.4 Å². The molecule has 2 atom stereocenters. The van der Waals surface area contributed by atoms with Crippen LogP contribution in [0, 0.1) is 5.92 Å². The van der Waals surface area contributed by atoms with E-state index in [4.69, 9.17) is 0 Å². The van der Waals surface area contributed by atoms with Gasteiger partial charge in [-0.1, -0.05) is 19.3 Å². The lowest BCUT2D eigenvalue weighted by Gasteiger charge is -2.25. The van der Waals surface area contributed by atoms with Crippen LogP contribution < -0.4 is 10.6 Å². The Kier molecular flexibility index (Phi) is 7.34. The van der Waals surface area contributed by atoms with Gasteiger partial charge in [0.25, 0.3) is 0 Å². The highest BCUT2D eigenvalue weighted by Crippen LogP contribution is 2.26. The number of carbonyl (C=O) groups is 2. The van der Waals surface area contributed by atoms with Gasteiger partial charge in [0.15, 0.2) is 0 Å². The molecule has 1 aliphatic heterocycles. The molecule has 1 saturated heterocycles. The Morgan fingerprint density at radius 3 is 2.35 bits per heavy atom. The third-order valence-electron chi connectivity index (χ3n) is 5.31. The van der Waals surface area contributed by atoms with Gasteiger partial charge in [0.2, 0.25) is 11.8 Å². The van der Waals surface area contributed by atoms with E-state index in [9.17, 15) is 9.59 Å². The van der Waals surface area contributed by atoms with Gasteiger partial charge in [-0.2, -0.15) is 0 Å². The summed E-state index contributed by atoms with van der Waals surface area (Å²) in [6, 6.07) is -0.0801. The summed E-state index contributed by atoms with van der Waals surface area (Å²) < 4.78 is 0. The SMILES string of the molecule is CC(NC(=O)CC1CCCCC1)C(=O)NCC(C)N1CCCC1. The number of likely N-dealkylation sites (tertiary alicyclic amines) is 1. The Hall–Kier alpha value is -1.10. The maximum absolute atomic E-state index is 12.1. The van der Waals surface area contributed by atoms with E-state index in [0.29, 0.717) is 24.9 Å². The minimum absolute atomic E-state index is 0.0205. The van der Waals surface area contributed by atoms with Gasteiger partial charge in [0, 0.05) is 19.0 Å². The molecule has 23 heavy (non-hydrogen) atoms. The standard InChI is InChI=1S/C18H33N3O2/c1-14(21-10-6-7-11-21)13-19-18(23)15(2)20-17(22)12-16-8-4-3-5-9-16/h14-16H,3-13H2,1-2H3,(H,19,23)(H,20,22). The van der Waals surface area contributed by atoms with Crippen molar-refractivity contribution in [3.63, 3.8) is 0 Å². The van der Waals surface area contributed by atoms with E-state index < -0.39 is 6.04 Å². The molecule has 2 N–H and O–H groups in total. The van der Waals surface area contributed by atoms with Crippen LogP contribution in [0.25, 0.3) is 0 Å². The first-order chi connectivity index (χ1) is 11.1. The molecule has 0 aromatic rings. The van der Waals surface area contributed by atoms with Crippen molar-refractivity contribution in [3.8, 4) is 0 Å². The highest BCUT2D eigenvalue weighted by atomic mass is 16.2. The van der Waals surface area contributed by atoms with Crippen LogP contribution >= 0.6 is 0 Å². The average Bonchev–Trinajstić information content (AvgIpc) is 3.07. The molecule has 2 rings (SSSR count). The molecule has 0 bridgehead atoms. The molecule has 2 unspecified atom stereocenters. The fourth-order valence-electron chi connectivity index (χ4n) is 3.73. The van der Waals surface area contributed by atoms with Crippen molar-refractivity contribution < 1.29 is 9.59 Å². The summed E-state index contributed by atoms with van der Waals surface area (Å²) in [6.07, 6.45) is 9.17. The Morgan fingerprint density at radius 1 is 1.04 bits per heavy atom. The summed E-state index contributed by atoms with van der Waals surface area (Å²) in [5.74, 6) is 0.453. The predicted molar refractivity (Wildman–Crippen MR) is 92.1 cm³/mol. The molecular weight excluding hydrogens is 290 g/mol. The van der Waals surface area contributed by atoms with Crippen molar-refractivity contribution in [2.24, 2.45) is 5.92 Å². The molecule has 0 radical (unpaired) electrons. The Morgan fingerprint density at radius 2 is 1.70 bits per heavy atom. The number of nitrogens with one attached hydrogen (secondary N) is 2. The van der Waals surface area contributed by atoms with E-state index in [1.807, 2.05) is 0 Å². The normalized spacial score (nSPS) is 22.5. The summed E-state index contributed by atoms with van der Waals surface area (Å²) in [6.45, 7) is 6.84. The molecule has 0 aromatic carbocycles. The lowest BCUT2D eigenvalue weighted by atomic mass is 9.87. The third kappa shape index (κ3) is 6.13. The van der Waals surface area contributed by atoms with E-state index in [1.54, 1.807) is 6.92 Å². The van der Waals surface area contributed by atoms with Gasteiger partial charge in [-0.25, -0.2) is 0 Å². The van der Waals surface area contributed by atoms with Crippen LogP contribution in [0.1, 0.15) is 65.2 Å². The molecule has 2 amide bonds. The Balaban J connectivity index is 1.64. The second-order valence-corrected chi connectivity index (χ2v) is 7.33. The van der Waals surface area contributed by atoms with Crippen LogP contribution in [0.15, 0.2) is 0 Å². The van der Waals surface area contributed by atoms with Crippen molar-refractivity contribution in [2.45, 2.75) is 77.3 Å². The zero-order valence-corrected chi connectivity index (χ0v) is 14.8. The number of amides is 2. The van der Waals surface area contributed by atoms with Crippen LogP contribution in [-0.2, 0) is 9.59 Å². The molecular formula is C18H33N3O2. The summed E-state index contributed by atoms with van der Waals surface area (Å²) in [4.78, 5) is 26.6. The number of carbonyl (C=O) groups excluding carboxylic acids is 2. The monoisotopic (exact) mass is 323 g/mol. The first-order valence-corrected chi connectivity index (χ1v) is 9.37. The maximum atomic E-state index is 12.1. The van der Waals surface area contributed by atoms with Crippen LogP contribution in [0.3, 0.4) is 0 Å². The second-order valence-electron chi connectivity index (χ2n) is 7.33. The van der Waals surface area contributed by atoms with Crippen molar-refractivity contribution >= 4 is 11.8 Å². The third-order valence-corrected chi connectivity index (χ3v) is 5.31. The highest BCUT2D eigenvalue weighted by molar-refractivity contribution is 5.87. The second kappa shape index (κ2) is 9.26. The van der Waals surface area contributed by atoms with E-state index in [-0.39, 0.29) is 11.8 Å². The molecule has 5 nitrogen and oxygen atoms in total. The van der Waals surface area contributed by atoms with Crippen molar-refractivity contribution in [3.05, 3.63) is 0 Å². The van der Waals surface area contributed by atoms with Crippen molar-refractivity contribution in [1.29, 1.82) is 0 Å².